The molecule has 0 amide bonds. The van der Waals surface area contributed by atoms with Gasteiger partial charge in [0, 0.05) is 12.1 Å². The molecule has 0 atom stereocenters. The van der Waals surface area contributed by atoms with Crippen molar-refractivity contribution < 1.29 is 9.47 Å². The van der Waals surface area contributed by atoms with Gasteiger partial charge in [-0.15, -0.1) is 0 Å². The van der Waals surface area contributed by atoms with E-state index < -0.39 is 0 Å². The number of hydrogen-bond acceptors (Lipinski definition) is 4. The molecule has 1 aliphatic heterocycles. The summed E-state index contributed by atoms with van der Waals surface area (Å²) in [5.41, 5.74) is 4.16. The van der Waals surface area contributed by atoms with Gasteiger partial charge in [0.1, 0.15) is 13.2 Å². The summed E-state index contributed by atoms with van der Waals surface area (Å²) in [4.78, 5) is 0. The van der Waals surface area contributed by atoms with Crippen LogP contribution < -0.4 is 14.8 Å². The maximum absolute atomic E-state index is 5.70. The van der Waals surface area contributed by atoms with Crippen LogP contribution in [0.15, 0.2) is 18.2 Å². The minimum absolute atomic E-state index is 0.605. The largest absolute Gasteiger partial charge is 0.486 e. The summed E-state index contributed by atoms with van der Waals surface area (Å²) in [6.45, 7) is 5.89. The normalized spacial score (nSPS) is 13.4. The molecule has 0 aliphatic carbocycles. The van der Waals surface area contributed by atoms with E-state index in [2.05, 4.69) is 15.5 Å². The summed E-state index contributed by atoms with van der Waals surface area (Å²) in [6.07, 6.45) is 0. The second kappa shape index (κ2) is 4.84. The molecule has 100 valence electrons. The van der Waals surface area contributed by atoms with Gasteiger partial charge in [-0.1, -0.05) is 12.1 Å². The van der Waals surface area contributed by atoms with Gasteiger partial charge in [-0.3, -0.25) is 5.10 Å². The van der Waals surface area contributed by atoms with Crippen molar-refractivity contribution in [3.8, 4) is 11.5 Å². The molecule has 0 unspecified atom stereocenters. The van der Waals surface area contributed by atoms with Crippen molar-refractivity contribution >= 4 is 5.69 Å². The SMILES string of the molecule is Cc1n[nH]c(C)c1NCc1cccc2c1OCCO2. The Kier molecular flexibility index (Phi) is 3.03. The molecular weight excluding hydrogens is 242 g/mol. The van der Waals surface area contributed by atoms with Gasteiger partial charge in [-0.2, -0.15) is 5.10 Å². The lowest BCUT2D eigenvalue weighted by Crippen LogP contribution is -2.17. The summed E-state index contributed by atoms with van der Waals surface area (Å²) in [5.74, 6) is 1.67. The van der Waals surface area contributed by atoms with Crippen LogP contribution >= 0.6 is 0 Å². The lowest BCUT2D eigenvalue weighted by molar-refractivity contribution is 0.170. The average molecular weight is 259 g/mol. The van der Waals surface area contributed by atoms with Crippen molar-refractivity contribution in [1.29, 1.82) is 0 Å². The molecule has 1 aromatic carbocycles. The number of anilines is 1. The van der Waals surface area contributed by atoms with Crippen molar-refractivity contribution in [2.24, 2.45) is 0 Å². The highest BCUT2D eigenvalue weighted by Gasteiger charge is 2.15. The molecule has 2 N–H and O–H groups in total. The van der Waals surface area contributed by atoms with Crippen molar-refractivity contribution in [2.45, 2.75) is 20.4 Å². The Morgan fingerprint density at radius 1 is 1.26 bits per heavy atom. The molecule has 19 heavy (non-hydrogen) atoms. The molecule has 5 heteroatoms. The summed E-state index contributed by atoms with van der Waals surface area (Å²) in [7, 11) is 0. The maximum atomic E-state index is 5.70. The number of benzene rings is 1. The Bertz CT molecular complexity index is 573. The van der Waals surface area contributed by atoms with Crippen LogP contribution in [0.2, 0.25) is 0 Å². The quantitative estimate of drug-likeness (QED) is 0.888. The first kappa shape index (κ1) is 11.9. The fraction of sp³-hybridized carbons (Fsp3) is 0.357. The molecular formula is C14H17N3O2. The zero-order valence-electron chi connectivity index (χ0n) is 11.1. The number of rotatable bonds is 3. The third-order valence-corrected chi connectivity index (χ3v) is 3.23. The van der Waals surface area contributed by atoms with Crippen LogP contribution in [-0.2, 0) is 6.54 Å². The van der Waals surface area contributed by atoms with Gasteiger partial charge in [0.15, 0.2) is 11.5 Å². The highest BCUT2D eigenvalue weighted by Crippen LogP contribution is 2.34. The van der Waals surface area contributed by atoms with Crippen molar-refractivity contribution in [3.63, 3.8) is 0 Å². The van der Waals surface area contributed by atoms with Crippen LogP contribution in [0.4, 0.5) is 5.69 Å². The molecule has 5 nitrogen and oxygen atoms in total. The first-order valence-corrected chi connectivity index (χ1v) is 6.38. The maximum Gasteiger partial charge on any atom is 0.166 e. The first-order chi connectivity index (χ1) is 9.25. The second-order valence-electron chi connectivity index (χ2n) is 4.60. The number of aryl methyl sites for hydroxylation is 2. The molecule has 2 aromatic rings. The number of aromatic amines is 1. The Balaban J connectivity index is 1.81. The van der Waals surface area contributed by atoms with E-state index in [-0.39, 0.29) is 0 Å². The number of nitrogens with zero attached hydrogens (tertiary/aromatic N) is 1. The van der Waals surface area contributed by atoms with E-state index in [0.29, 0.717) is 19.8 Å². The van der Waals surface area contributed by atoms with Crippen LogP contribution in [0, 0.1) is 13.8 Å². The number of para-hydroxylation sites is 1. The fourth-order valence-corrected chi connectivity index (χ4v) is 2.27. The predicted molar refractivity (Wildman–Crippen MR) is 72.8 cm³/mol. The molecule has 1 aromatic heterocycles. The third-order valence-electron chi connectivity index (χ3n) is 3.23. The van der Waals surface area contributed by atoms with Crippen molar-refractivity contribution in [3.05, 3.63) is 35.2 Å². The van der Waals surface area contributed by atoms with Crippen molar-refractivity contribution in [1.82, 2.24) is 10.2 Å². The molecule has 2 heterocycles. The summed E-state index contributed by atoms with van der Waals surface area (Å²) >= 11 is 0. The van der Waals surface area contributed by atoms with E-state index >= 15 is 0 Å². The molecule has 0 saturated heterocycles. The lowest BCUT2D eigenvalue weighted by Gasteiger charge is -2.21. The average Bonchev–Trinajstić information content (AvgIpc) is 2.76. The third kappa shape index (κ3) is 2.23. The van der Waals surface area contributed by atoms with E-state index in [1.165, 1.54) is 0 Å². The van der Waals surface area contributed by atoms with Crippen LogP contribution in [0.3, 0.4) is 0 Å². The number of aromatic nitrogens is 2. The monoisotopic (exact) mass is 259 g/mol. The zero-order valence-corrected chi connectivity index (χ0v) is 11.1. The molecule has 3 rings (SSSR count). The Labute approximate surface area is 111 Å². The minimum Gasteiger partial charge on any atom is -0.486 e. The second-order valence-corrected chi connectivity index (χ2v) is 4.60. The smallest absolute Gasteiger partial charge is 0.166 e. The van der Waals surface area contributed by atoms with Gasteiger partial charge in [0.2, 0.25) is 0 Å². The predicted octanol–water partition coefficient (Wildman–Crippen LogP) is 2.41. The van der Waals surface area contributed by atoms with Gasteiger partial charge in [0.25, 0.3) is 0 Å². The van der Waals surface area contributed by atoms with Crippen LogP contribution in [0.1, 0.15) is 17.0 Å². The summed E-state index contributed by atoms with van der Waals surface area (Å²) in [6, 6.07) is 5.97. The Morgan fingerprint density at radius 2 is 2.11 bits per heavy atom. The van der Waals surface area contributed by atoms with Crippen molar-refractivity contribution in [2.75, 3.05) is 18.5 Å². The fourth-order valence-electron chi connectivity index (χ4n) is 2.27. The summed E-state index contributed by atoms with van der Waals surface area (Å²) in [5, 5.41) is 10.5. The number of ether oxygens (including phenoxy) is 2. The van der Waals surface area contributed by atoms with E-state index in [1.54, 1.807) is 0 Å². The van der Waals surface area contributed by atoms with Gasteiger partial charge in [-0.25, -0.2) is 0 Å². The number of H-pyrrole nitrogens is 1. The summed E-state index contributed by atoms with van der Waals surface area (Å²) < 4.78 is 11.3. The van der Waals surface area contributed by atoms with Gasteiger partial charge in [-0.05, 0) is 19.9 Å². The topological polar surface area (TPSA) is 59.2 Å². The molecule has 0 saturated carbocycles. The van der Waals surface area contributed by atoms with Crippen LogP contribution in [-0.4, -0.2) is 23.4 Å². The molecule has 1 aliphatic rings. The number of nitrogens with one attached hydrogen (secondary N) is 2. The van der Waals surface area contributed by atoms with Crippen LogP contribution in [0.5, 0.6) is 11.5 Å². The Morgan fingerprint density at radius 3 is 2.89 bits per heavy atom. The number of hydrogen-bond donors (Lipinski definition) is 2. The zero-order chi connectivity index (χ0) is 13.2. The van der Waals surface area contributed by atoms with Crippen LogP contribution in [0.25, 0.3) is 0 Å². The number of fused-ring (bicyclic) bond motifs is 1. The minimum atomic E-state index is 0.605. The van der Waals surface area contributed by atoms with Gasteiger partial charge in [0.05, 0.1) is 17.1 Å². The molecule has 0 fully saturated rings. The van der Waals surface area contributed by atoms with E-state index in [9.17, 15) is 0 Å². The highest BCUT2D eigenvalue weighted by molar-refractivity contribution is 5.54. The lowest BCUT2D eigenvalue weighted by atomic mass is 10.1. The first-order valence-electron chi connectivity index (χ1n) is 6.38. The molecule has 0 radical (unpaired) electrons. The van der Waals surface area contributed by atoms with E-state index in [1.807, 2.05) is 32.0 Å². The molecule has 0 bridgehead atoms. The standard InChI is InChI=1S/C14H17N3O2/c1-9-13(10(2)17-16-9)15-8-11-4-3-5-12-14(11)19-7-6-18-12/h3-5,15H,6-8H2,1-2H3,(H,16,17). The Hall–Kier alpha value is -2.17. The van der Waals surface area contributed by atoms with Gasteiger partial charge >= 0.3 is 0 Å². The highest BCUT2D eigenvalue weighted by atomic mass is 16.6. The van der Waals surface area contributed by atoms with Gasteiger partial charge < -0.3 is 14.8 Å². The molecule has 0 spiro atoms. The van der Waals surface area contributed by atoms with E-state index in [0.717, 1.165) is 34.1 Å². The van der Waals surface area contributed by atoms with E-state index in [4.69, 9.17) is 9.47 Å².